The van der Waals surface area contributed by atoms with Gasteiger partial charge in [-0.25, -0.2) is 12.8 Å². The van der Waals surface area contributed by atoms with Crippen molar-refractivity contribution in [1.29, 1.82) is 0 Å². The van der Waals surface area contributed by atoms with E-state index in [1.54, 1.807) is 0 Å². The number of hydrogen-bond acceptors (Lipinski definition) is 4. The van der Waals surface area contributed by atoms with Gasteiger partial charge in [0.2, 0.25) is 15.9 Å². The van der Waals surface area contributed by atoms with Crippen molar-refractivity contribution in [2.24, 2.45) is 5.73 Å². The van der Waals surface area contributed by atoms with E-state index in [1.807, 2.05) is 0 Å². The van der Waals surface area contributed by atoms with Crippen LogP contribution in [0.1, 0.15) is 12.0 Å². The number of benzene rings is 1. The van der Waals surface area contributed by atoms with Crippen molar-refractivity contribution < 1.29 is 17.6 Å². The fraction of sp³-hybridized carbons (Fsp3) is 0.333. The molecule has 0 spiro atoms. The molecule has 0 atom stereocenters. The first-order chi connectivity index (χ1) is 9.84. The van der Waals surface area contributed by atoms with Crippen LogP contribution in [0.3, 0.4) is 0 Å². The standard InChI is InChI=1S/C12H14FN3O3S2/c13-8-2-1-3-9(11(8)12(14)20)21(18,19)16-6-4-10(17)15-5-7-16/h1-3H,4-7H2,(H2,14,20)(H,15,17). The largest absolute Gasteiger partial charge is 0.389 e. The van der Waals surface area contributed by atoms with Crippen LogP contribution in [0.4, 0.5) is 4.39 Å². The predicted molar refractivity (Wildman–Crippen MR) is 78.7 cm³/mol. The van der Waals surface area contributed by atoms with Crippen LogP contribution in [0.5, 0.6) is 0 Å². The molecule has 0 unspecified atom stereocenters. The zero-order chi connectivity index (χ0) is 15.6. The maximum absolute atomic E-state index is 13.8. The minimum atomic E-state index is -3.97. The van der Waals surface area contributed by atoms with Gasteiger partial charge < -0.3 is 11.1 Å². The van der Waals surface area contributed by atoms with Gasteiger partial charge in [-0.3, -0.25) is 4.79 Å². The number of nitrogens with two attached hydrogens (primary N) is 1. The van der Waals surface area contributed by atoms with Crippen molar-refractivity contribution in [1.82, 2.24) is 9.62 Å². The molecule has 0 saturated carbocycles. The second kappa shape index (κ2) is 6.04. The third-order valence-electron chi connectivity index (χ3n) is 3.11. The van der Waals surface area contributed by atoms with E-state index in [0.29, 0.717) is 0 Å². The molecule has 6 nitrogen and oxygen atoms in total. The zero-order valence-electron chi connectivity index (χ0n) is 11.0. The molecule has 1 aromatic carbocycles. The lowest BCUT2D eigenvalue weighted by atomic mass is 10.2. The van der Waals surface area contributed by atoms with Gasteiger partial charge in [0.05, 0.1) is 10.5 Å². The molecule has 1 aromatic rings. The van der Waals surface area contributed by atoms with E-state index >= 15 is 0 Å². The summed E-state index contributed by atoms with van der Waals surface area (Å²) in [5.41, 5.74) is 5.14. The maximum Gasteiger partial charge on any atom is 0.243 e. The van der Waals surface area contributed by atoms with Crippen LogP contribution in [0.25, 0.3) is 0 Å². The van der Waals surface area contributed by atoms with Gasteiger partial charge in [-0.1, -0.05) is 18.3 Å². The lowest BCUT2D eigenvalue weighted by Gasteiger charge is -2.21. The first-order valence-corrected chi connectivity index (χ1v) is 8.04. The third-order valence-corrected chi connectivity index (χ3v) is 5.26. The molecule has 0 bridgehead atoms. The minimum absolute atomic E-state index is 0.0292. The second-order valence-corrected chi connectivity index (χ2v) is 6.83. The van der Waals surface area contributed by atoms with Gasteiger partial charge in [0.15, 0.2) is 0 Å². The summed E-state index contributed by atoms with van der Waals surface area (Å²) in [7, 11) is -3.97. The summed E-state index contributed by atoms with van der Waals surface area (Å²) in [6, 6.07) is 3.64. The predicted octanol–water partition coefficient (Wildman–Crippen LogP) is -0.0295. The highest BCUT2D eigenvalue weighted by Crippen LogP contribution is 2.23. The topological polar surface area (TPSA) is 92.5 Å². The van der Waals surface area contributed by atoms with Crippen molar-refractivity contribution in [3.8, 4) is 0 Å². The van der Waals surface area contributed by atoms with E-state index in [9.17, 15) is 17.6 Å². The fourth-order valence-electron chi connectivity index (χ4n) is 2.08. The van der Waals surface area contributed by atoms with E-state index in [1.165, 1.54) is 12.1 Å². The maximum atomic E-state index is 13.8. The molecule has 114 valence electrons. The summed E-state index contributed by atoms with van der Waals surface area (Å²) in [5.74, 6) is -1.01. The number of halogens is 1. The van der Waals surface area contributed by atoms with Crippen LogP contribution in [-0.4, -0.2) is 43.3 Å². The summed E-state index contributed by atoms with van der Waals surface area (Å²) >= 11 is 4.74. The first kappa shape index (κ1) is 15.8. The Labute approximate surface area is 127 Å². The Morgan fingerprint density at radius 1 is 1.38 bits per heavy atom. The number of sulfonamides is 1. The van der Waals surface area contributed by atoms with Gasteiger partial charge >= 0.3 is 0 Å². The van der Waals surface area contributed by atoms with E-state index in [4.69, 9.17) is 18.0 Å². The van der Waals surface area contributed by atoms with Crippen molar-refractivity contribution in [3.63, 3.8) is 0 Å². The molecular formula is C12H14FN3O3S2. The van der Waals surface area contributed by atoms with Crippen molar-refractivity contribution in [2.45, 2.75) is 11.3 Å². The average molecular weight is 331 g/mol. The number of nitrogens with zero attached hydrogens (tertiary/aromatic N) is 1. The Morgan fingerprint density at radius 2 is 2.10 bits per heavy atom. The number of nitrogens with one attached hydrogen (secondary N) is 1. The van der Waals surface area contributed by atoms with E-state index in [2.05, 4.69) is 5.32 Å². The number of hydrogen-bond donors (Lipinski definition) is 2. The lowest BCUT2D eigenvalue weighted by molar-refractivity contribution is -0.120. The summed E-state index contributed by atoms with van der Waals surface area (Å²) in [6.45, 7) is 0.346. The number of rotatable bonds is 3. The van der Waals surface area contributed by atoms with Crippen molar-refractivity contribution in [2.75, 3.05) is 19.6 Å². The quantitative estimate of drug-likeness (QED) is 0.759. The summed E-state index contributed by atoms with van der Waals surface area (Å²) in [4.78, 5) is 10.7. The van der Waals surface area contributed by atoms with Crippen LogP contribution in [0.15, 0.2) is 23.1 Å². The SMILES string of the molecule is NC(=S)c1c(F)cccc1S(=O)(=O)N1CCNC(=O)CC1. The second-order valence-electron chi connectivity index (χ2n) is 4.48. The smallest absolute Gasteiger partial charge is 0.243 e. The molecule has 21 heavy (non-hydrogen) atoms. The van der Waals surface area contributed by atoms with Gasteiger partial charge in [-0.05, 0) is 12.1 Å². The molecule has 1 heterocycles. The van der Waals surface area contributed by atoms with Gasteiger partial charge in [0.25, 0.3) is 0 Å². The number of carbonyl (C=O) groups excluding carboxylic acids is 1. The van der Waals surface area contributed by atoms with Crippen LogP contribution in [0.2, 0.25) is 0 Å². The fourth-order valence-corrected chi connectivity index (χ4v) is 4.01. The number of carbonyl (C=O) groups is 1. The molecule has 0 radical (unpaired) electrons. The summed E-state index contributed by atoms with van der Waals surface area (Å²) in [6.07, 6.45) is 0.0525. The monoisotopic (exact) mass is 331 g/mol. The van der Waals surface area contributed by atoms with Crippen LogP contribution >= 0.6 is 12.2 Å². The average Bonchev–Trinajstić information content (AvgIpc) is 2.63. The molecule has 9 heteroatoms. The Hall–Kier alpha value is -1.58. The lowest BCUT2D eigenvalue weighted by Crippen LogP contribution is -2.35. The Balaban J connectivity index is 2.47. The van der Waals surface area contributed by atoms with E-state index in [-0.39, 0.29) is 47.4 Å². The van der Waals surface area contributed by atoms with Gasteiger partial charge in [0, 0.05) is 26.1 Å². The molecule has 2 rings (SSSR count). The van der Waals surface area contributed by atoms with Crippen LogP contribution < -0.4 is 11.1 Å². The highest BCUT2D eigenvalue weighted by atomic mass is 32.2. The molecule has 3 N–H and O–H groups in total. The minimum Gasteiger partial charge on any atom is -0.389 e. The zero-order valence-corrected chi connectivity index (χ0v) is 12.6. The Bertz CT molecular complexity index is 691. The molecule has 1 saturated heterocycles. The Morgan fingerprint density at radius 3 is 2.76 bits per heavy atom. The first-order valence-electron chi connectivity index (χ1n) is 6.19. The summed E-state index contributed by atoms with van der Waals surface area (Å²) in [5, 5.41) is 2.58. The third kappa shape index (κ3) is 3.20. The van der Waals surface area contributed by atoms with E-state index in [0.717, 1.165) is 10.4 Å². The molecule has 1 fully saturated rings. The molecule has 1 amide bonds. The molecule has 0 aromatic heterocycles. The normalized spacial score (nSPS) is 17.1. The Kier molecular flexibility index (Phi) is 4.55. The molecule has 1 aliphatic heterocycles. The molecular weight excluding hydrogens is 317 g/mol. The highest BCUT2D eigenvalue weighted by molar-refractivity contribution is 7.89. The van der Waals surface area contributed by atoms with Crippen molar-refractivity contribution >= 4 is 33.1 Å². The van der Waals surface area contributed by atoms with Crippen LogP contribution in [-0.2, 0) is 14.8 Å². The summed E-state index contributed by atoms with van der Waals surface area (Å²) < 4.78 is 40.2. The number of thiocarbonyl (C=S) groups is 1. The highest BCUT2D eigenvalue weighted by Gasteiger charge is 2.30. The van der Waals surface area contributed by atoms with Gasteiger partial charge in [-0.2, -0.15) is 4.31 Å². The van der Waals surface area contributed by atoms with Crippen molar-refractivity contribution in [3.05, 3.63) is 29.6 Å². The number of amides is 1. The molecule has 0 aliphatic carbocycles. The van der Waals surface area contributed by atoms with Crippen LogP contribution in [0, 0.1) is 5.82 Å². The molecule has 1 aliphatic rings. The van der Waals surface area contributed by atoms with Gasteiger partial charge in [0.1, 0.15) is 10.8 Å². The van der Waals surface area contributed by atoms with Gasteiger partial charge in [-0.15, -0.1) is 0 Å². The van der Waals surface area contributed by atoms with E-state index < -0.39 is 15.8 Å².